The summed E-state index contributed by atoms with van der Waals surface area (Å²) in [4.78, 5) is 13.7. The molecule has 0 saturated heterocycles. The van der Waals surface area contributed by atoms with E-state index in [1.165, 1.54) is 11.8 Å². The number of rotatable bonds is 6. The van der Waals surface area contributed by atoms with Crippen molar-refractivity contribution < 1.29 is 4.79 Å². The fraction of sp³-hybridized carbons (Fsp3) is 0.500. The van der Waals surface area contributed by atoms with Gasteiger partial charge in [-0.1, -0.05) is 26.8 Å². The molecule has 0 fully saturated rings. The van der Waals surface area contributed by atoms with Crippen molar-refractivity contribution in [2.75, 3.05) is 18.0 Å². The number of amides is 1. The lowest BCUT2D eigenvalue weighted by atomic mass is 9.91. The first kappa shape index (κ1) is 18.2. The van der Waals surface area contributed by atoms with Gasteiger partial charge in [0.05, 0.1) is 0 Å². The average Bonchev–Trinajstić information content (AvgIpc) is 2.53. The Hall–Kier alpha value is -2.10. The molecule has 0 saturated carbocycles. The van der Waals surface area contributed by atoms with Crippen LogP contribution in [0.3, 0.4) is 0 Å². The van der Waals surface area contributed by atoms with E-state index in [4.69, 9.17) is 5.41 Å². The molecule has 0 unspecified atom stereocenters. The number of nitrogens with zero attached hydrogens (tertiary/aromatic N) is 1. The molecular weight excluding hydrogens is 298 g/mol. The van der Waals surface area contributed by atoms with Gasteiger partial charge in [-0.15, -0.1) is 0 Å². The van der Waals surface area contributed by atoms with Crippen molar-refractivity contribution in [1.82, 2.24) is 5.32 Å². The average molecular weight is 327 g/mol. The molecular formula is C20H29N3O. The van der Waals surface area contributed by atoms with Gasteiger partial charge in [0.15, 0.2) is 0 Å². The van der Waals surface area contributed by atoms with Gasteiger partial charge in [-0.3, -0.25) is 4.79 Å². The summed E-state index contributed by atoms with van der Waals surface area (Å²) in [6.45, 7) is 9.90. The SMILES string of the molecule is CC(=O)N1C[C@H](C)Cc2cc(/C(C=N)=C/NCCC(C)C)ccc21. The van der Waals surface area contributed by atoms with Crippen LogP contribution in [0.2, 0.25) is 0 Å². The molecule has 1 heterocycles. The van der Waals surface area contributed by atoms with Crippen molar-refractivity contribution in [3.8, 4) is 0 Å². The maximum atomic E-state index is 11.9. The van der Waals surface area contributed by atoms with Crippen LogP contribution < -0.4 is 10.2 Å². The standard InChI is InChI=1S/C20H29N3O/c1-14(2)7-8-22-12-19(11-21)17-5-6-20-18(10-17)9-15(3)13-23(20)16(4)24/h5-6,10-12,14-15,21-22H,7-9,13H2,1-4H3/b19-12+,21-11?/t15-/m1/s1. The lowest BCUT2D eigenvalue weighted by Crippen LogP contribution is -2.37. The summed E-state index contributed by atoms with van der Waals surface area (Å²) in [5, 5.41) is 11.0. The third kappa shape index (κ3) is 4.47. The molecule has 24 heavy (non-hydrogen) atoms. The van der Waals surface area contributed by atoms with Gasteiger partial charge >= 0.3 is 0 Å². The summed E-state index contributed by atoms with van der Waals surface area (Å²) < 4.78 is 0. The van der Waals surface area contributed by atoms with Crippen LogP contribution in [0.25, 0.3) is 5.57 Å². The Morgan fingerprint density at radius 2 is 2.21 bits per heavy atom. The molecule has 2 N–H and O–H groups in total. The lowest BCUT2D eigenvalue weighted by Gasteiger charge is -2.32. The van der Waals surface area contributed by atoms with Gasteiger partial charge in [-0.25, -0.2) is 0 Å². The first-order valence-corrected chi connectivity index (χ1v) is 8.77. The van der Waals surface area contributed by atoms with E-state index < -0.39 is 0 Å². The number of hydrogen-bond acceptors (Lipinski definition) is 3. The zero-order chi connectivity index (χ0) is 17.7. The third-order valence-corrected chi connectivity index (χ3v) is 4.43. The van der Waals surface area contributed by atoms with Gasteiger partial charge in [-0.05, 0) is 47.9 Å². The molecule has 1 aliphatic rings. The van der Waals surface area contributed by atoms with Crippen molar-refractivity contribution in [3.05, 3.63) is 35.5 Å². The van der Waals surface area contributed by atoms with Crippen LogP contribution in [-0.2, 0) is 11.2 Å². The monoisotopic (exact) mass is 327 g/mol. The van der Waals surface area contributed by atoms with E-state index in [1.54, 1.807) is 6.92 Å². The topological polar surface area (TPSA) is 56.2 Å². The second-order valence-electron chi connectivity index (χ2n) is 7.16. The van der Waals surface area contributed by atoms with Crippen molar-refractivity contribution in [2.45, 2.75) is 40.5 Å². The van der Waals surface area contributed by atoms with E-state index in [2.05, 4.69) is 32.2 Å². The highest BCUT2D eigenvalue weighted by Gasteiger charge is 2.24. The Kier molecular flexibility index (Phi) is 6.18. The highest BCUT2D eigenvalue weighted by atomic mass is 16.2. The molecule has 4 nitrogen and oxygen atoms in total. The Morgan fingerprint density at radius 3 is 2.83 bits per heavy atom. The van der Waals surface area contributed by atoms with E-state index >= 15 is 0 Å². The van der Waals surface area contributed by atoms with Gasteiger partial charge in [0, 0.05) is 43.7 Å². The molecule has 0 aliphatic carbocycles. The van der Waals surface area contributed by atoms with Gasteiger partial charge in [-0.2, -0.15) is 0 Å². The summed E-state index contributed by atoms with van der Waals surface area (Å²) in [5.41, 5.74) is 4.10. The van der Waals surface area contributed by atoms with Gasteiger partial charge in [0.25, 0.3) is 0 Å². The predicted octanol–water partition coefficient (Wildman–Crippen LogP) is 3.86. The predicted molar refractivity (Wildman–Crippen MR) is 102 cm³/mol. The van der Waals surface area contributed by atoms with Crippen molar-refractivity contribution in [2.24, 2.45) is 11.8 Å². The molecule has 0 spiro atoms. The summed E-state index contributed by atoms with van der Waals surface area (Å²) >= 11 is 0. The highest BCUT2D eigenvalue weighted by Crippen LogP contribution is 2.32. The number of allylic oxidation sites excluding steroid dienone is 1. The number of fused-ring (bicyclic) bond motifs is 1. The van der Waals surface area contributed by atoms with E-state index in [0.29, 0.717) is 11.8 Å². The highest BCUT2D eigenvalue weighted by molar-refractivity contribution is 6.08. The third-order valence-electron chi connectivity index (χ3n) is 4.43. The first-order valence-electron chi connectivity index (χ1n) is 8.77. The van der Waals surface area contributed by atoms with Gasteiger partial charge < -0.3 is 15.6 Å². The second kappa shape index (κ2) is 8.13. The summed E-state index contributed by atoms with van der Waals surface area (Å²) in [7, 11) is 0. The Balaban J connectivity index is 2.22. The fourth-order valence-corrected chi connectivity index (χ4v) is 3.10. The lowest BCUT2D eigenvalue weighted by molar-refractivity contribution is -0.116. The smallest absolute Gasteiger partial charge is 0.223 e. The van der Waals surface area contributed by atoms with E-state index in [-0.39, 0.29) is 5.91 Å². The van der Waals surface area contributed by atoms with Crippen LogP contribution in [0, 0.1) is 17.2 Å². The van der Waals surface area contributed by atoms with Crippen LogP contribution >= 0.6 is 0 Å². The zero-order valence-electron chi connectivity index (χ0n) is 15.2. The number of anilines is 1. The number of benzene rings is 1. The quantitative estimate of drug-likeness (QED) is 0.616. The number of hydrogen-bond donors (Lipinski definition) is 2. The van der Waals surface area contributed by atoms with Crippen LogP contribution in [0.5, 0.6) is 0 Å². The number of carbonyl (C=O) groups is 1. The zero-order valence-corrected chi connectivity index (χ0v) is 15.2. The Morgan fingerprint density at radius 1 is 1.46 bits per heavy atom. The number of carbonyl (C=O) groups excluding carboxylic acids is 1. The summed E-state index contributed by atoms with van der Waals surface area (Å²) in [6.07, 6.45) is 5.39. The molecule has 1 amide bonds. The maximum absolute atomic E-state index is 11.9. The van der Waals surface area contributed by atoms with Gasteiger partial charge in [0.1, 0.15) is 0 Å². The molecule has 0 bridgehead atoms. The normalized spacial score (nSPS) is 17.6. The van der Waals surface area contributed by atoms with E-state index in [1.807, 2.05) is 23.2 Å². The molecule has 1 aromatic carbocycles. The maximum Gasteiger partial charge on any atom is 0.223 e. The Labute approximate surface area is 145 Å². The molecule has 0 aromatic heterocycles. The largest absolute Gasteiger partial charge is 0.390 e. The minimum absolute atomic E-state index is 0.0914. The first-order chi connectivity index (χ1) is 11.4. The molecule has 130 valence electrons. The van der Waals surface area contributed by atoms with Gasteiger partial charge in [0.2, 0.25) is 5.91 Å². The van der Waals surface area contributed by atoms with Crippen LogP contribution in [-0.4, -0.2) is 25.2 Å². The summed E-state index contributed by atoms with van der Waals surface area (Å²) in [5.74, 6) is 1.21. The molecule has 0 radical (unpaired) electrons. The molecule has 2 rings (SSSR count). The van der Waals surface area contributed by atoms with Crippen molar-refractivity contribution in [3.63, 3.8) is 0 Å². The van der Waals surface area contributed by atoms with E-state index in [9.17, 15) is 4.79 Å². The van der Waals surface area contributed by atoms with Crippen molar-refractivity contribution in [1.29, 1.82) is 5.41 Å². The fourth-order valence-electron chi connectivity index (χ4n) is 3.10. The molecule has 1 aliphatic heterocycles. The van der Waals surface area contributed by atoms with Crippen molar-refractivity contribution >= 4 is 23.4 Å². The van der Waals surface area contributed by atoms with Crippen LogP contribution in [0.15, 0.2) is 24.4 Å². The minimum atomic E-state index is 0.0914. The second-order valence-corrected chi connectivity index (χ2v) is 7.16. The van der Waals surface area contributed by atoms with E-state index in [0.717, 1.165) is 42.8 Å². The van der Waals surface area contributed by atoms with Crippen LogP contribution in [0.1, 0.15) is 45.2 Å². The minimum Gasteiger partial charge on any atom is -0.390 e. The molecule has 1 aromatic rings. The molecule has 1 atom stereocenters. The summed E-state index contributed by atoms with van der Waals surface area (Å²) in [6, 6.07) is 6.15. The number of nitrogens with one attached hydrogen (secondary N) is 2. The molecule has 4 heteroatoms. The van der Waals surface area contributed by atoms with Crippen LogP contribution in [0.4, 0.5) is 5.69 Å². The Bertz CT molecular complexity index is 634.